The molecule has 4 nitrogen and oxygen atoms in total. The summed E-state index contributed by atoms with van der Waals surface area (Å²) in [5.74, 6) is 0.0309. The Morgan fingerprint density at radius 3 is 1.96 bits per heavy atom. The van der Waals surface area contributed by atoms with Crippen LogP contribution in [0.5, 0.6) is 0 Å². The molecule has 2 aromatic rings. The lowest BCUT2D eigenvalue weighted by Crippen LogP contribution is -3.00. The maximum atomic E-state index is 13.0. The molecule has 2 aromatic carbocycles. The zero-order valence-electron chi connectivity index (χ0n) is 15.5. The second-order valence-corrected chi connectivity index (χ2v) is 7.02. The third kappa shape index (κ3) is 6.66. The molecule has 2 rings (SSSR count). The molecule has 0 bridgehead atoms. The molecule has 0 saturated carbocycles. The number of hydrogen-bond acceptors (Lipinski definition) is 2. The van der Waals surface area contributed by atoms with E-state index >= 15 is 0 Å². The van der Waals surface area contributed by atoms with Crippen LogP contribution in [-0.2, 0) is 0 Å². The first kappa shape index (κ1) is 21.4. The number of amides is 1. The number of rotatable bonds is 7. The van der Waals surface area contributed by atoms with Crippen molar-refractivity contribution in [2.24, 2.45) is 0 Å². The standard InChI is InChI=1S/C20H28N3O.HI/c1-21(19-14-9-6-10-15-19)22(16-11-17-23(2,3)4)20(24)18-12-7-5-8-13-18;/h5-10,12-15H,11,16-17H2,1-4H3;1H/q+1;/p-1. The smallest absolute Gasteiger partial charge is 0.272 e. The topological polar surface area (TPSA) is 23.6 Å². The molecule has 0 atom stereocenters. The van der Waals surface area contributed by atoms with E-state index in [4.69, 9.17) is 0 Å². The van der Waals surface area contributed by atoms with Gasteiger partial charge >= 0.3 is 0 Å². The Morgan fingerprint density at radius 2 is 1.44 bits per heavy atom. The fraction of sp³-hybridized carbons (Fsp3) is 0.350. The van der Waals surface area contributed by atoms with Gasteiger partial charge in [-0.3, -0.25) is 9.80 Å². The second kappa shape index (κ2) is 9.77. The molecule has 25 heavy (non-hydrogen) atoms. The molecule has 0 heterocycles. The lowest BCUT2D eigenvalue weighted by atomic mass is 10.2. The van der Waals surface area contributed by atoms with Crippen LogP contribution in [0.1, 0.15) is 16.8 Å². The van der Waals surface area contributed by atoms with Crippen molar-refractivity contribution < 1.29 is 33.3 Å². The van der Waals surface area contributed by atoms with Crippen molar-refractivity contribution in [3.63, 3.8) is 0 Å². The zero-order chi connectivity index (χ0) is 17.6. The molecule has 0 unspecified atom stereocenters. The number of nitrogens with zero attached hydrogens (tertiary/aromatic N) is 3. The van der Waals surface area contributed by atoms with Gasteiger partial charge in [-0.25, -0.2) is 5.01 Å². The zero-order valence-corrected chi connectivity index (χ0v) is 17.7. The quantitative estimate of drug-likeness (QED) is 0.342. The van der Waals surface area contributed by atoms with Gasteiger partial charge in [0.1, 0.15) is 0 Å². The maximum absolute atomic E-state index is 13.0. The highest BCUT2D eigenvalue weighted by molar-refractivity contribution is 5.95. The van der Waals surface area contributed by atoms with E-state index in [0.29, 0.717) is 12.1 Å². The summed E-state index contributed by atoms with van der Waals surface area (Å²) in [5.41, 5.74) is 1.72. The van der Waals surface area contributed by atoms with Gasteiger partial charge in [0.05, 0.1) is 33.4 Å². The van der Waals surface area contributed by atoms with Crippen LogP contribution < -0.4 is 29.0 Å². The number of quaternary nitrogens is 1. The molecule has 0 aliphatic heterocycles. The Kier molecular flexibility index (Phi) is 8.38. The molecular weight excluding hydrogens is 425 g/mol. The first-order valence-corrected chi connectivity index (χ1v) is 8.34. The van der Waals surface area contributed by atoms with E-state index in [-0.39, 0.29) is 29.9 Å². The van der Waals surface area contributed by atoms with Crippen molar-refractivity contribution in [1.82, 2.24) is 5.01 Å². The van der Waals surface area contributed by atoms with Crippen molar-refractivity contribution in [3.05, 3.63) is 66.2 Å². The average Bonchev–Trinajstić information content (AvgIpc) is 2.58. The molecule has 0 fully saturated rings. The minimum absolute atomic E-state index is 0. The van der Waals surface area contributed by atoms with Crippen molar-refractivity contribution in [1.29, 1.82) is 0 Å². The molecule has 0 aliphatic rings. The number of hydrogen-bond donors (Lipinski definition) is 0. The molecule has 1 amide bonds. The summed E-state index contributed by atoms with van der Waals surface area (Å²) >= 11 is 0. The molecule has 0 aliphatic carbocycles. The minimum Gasteiger partial charge on any atom is -1.00 e. The number of benzene rings is 2. The summed E-state index contributed by atoms with van der Waals surface area (Å²) in [7, 11) is 8.46. The molecule has 0 aromatic heterocycles. The minimum atomic E-state index is 0. The van der Waals surface area contributed by atoms with Gasteiger partial charge in [-0.2, -0.15) is 0 Å². The average molecular weight is 453 g/mol. The van der Waals surface area contributed by atoms with E-state index in [0.717, 1.165) is 23.1 Å². The summed E-state index contributed by atoms with van der Waals surface area (Å²) in [6.45, 7) is 1.70. The van der Waals surface area contributed by atoms with E-state index in [1.807, 2.05) is 77.7 Å². The molecule has 0 saturated heterocycles. The summed E-state index contributed by atoms with van der Waals surface area (Å²) in [6.07, 6.45) is 0.944. The number of anilines is 1. The van der Waals surface area contributed by atoms with Crippen LogP contribution in [0.4, 0.5) is 5.69 Å². The highest BCUT2D eigenvalue weighted by atomic mass is 127. The van der Waals surface area contributed by atoms with Crippen molar-refractivity contribution >= 4 is 11.6 Å². The number of halogens is 1. The lowest BCUT2D eigenvalue weighted by Gasteiger charge is -2.34. The fourth-order valence-corrected chi connectivity index (χ4v) is 2.60. The van der Waals surface area contributed by atoms with E-state index in [9.17, 15) is 4.79 Å². The number of hydrazine groups is 1. The van der Waals surface area contributed by atoms with Crippen molar-refractivity contribution in [3.8, 4) is 0 Å². The van der Waals surface area contributed by atoms with Crippen LogP contribution in [0.2, 0.25) is 0 Å². The van der Waals surface area contributed by atoms with Crippen molar-refractivity contribution in [2.75, 3.05) is 46.3 Å². The first-order chi connectivity index (χ1) is 11.4. The maximum Gasteiger partial charge on any atom is 0.272 e. The number of carbonyl (C=O) groups excluding carboxylic acids is 1. The normalized spacial score (nSPS) is 10.7. The van der Waals surface area contributed by atoms with Crippen LogP contribution >= 0.6 is 0 Å². The van der Waals surface area contributed by atoms with Gasteiger partial charge in [0.25, 0.3) is 5.91 Å². The predicted molar refractivity (Wildman–Crippen MR) is 99.8 cm³/mol. The summed E-state index contributed by atoms with van der Waals surface area (Å²) < 4.78 is 0.891. The number of carbonyl (C=O) groups is 1. The van der Waals surface area contributed by atoms with Crippen LogP contribution in [0.25, 0.3) is 0 Å². The van der Waals surface area contributed by atoms with Gasteiger partial charge in [-0.05, 0) is 24.3 Å². The highest BCUT2D eigenvalue weighted by Gasteiger charge is 2.21. The predicted octanol–water partition coefficient (Wildman–Crippen LogP) is 0.281. The summed E-state index contributed by atoms with van der Waals surface area (Å²) in [5, 5.41) is 3.78. The monoisotopic (exact) mass is 453 g/mol. The summed E-state index contributed by atoms with van der Waals surface area (Å²) in [6, 6.07) is 19.5. The second-order valence-electron chi connectivity index (χ2n) is 7.02. The van der Waals surface area contributed by atoms with E-state index in [1.54, 1.807) is 0 Å². The molecule has 0 radical (unpaired) electrons. The molecular formula is C20H28IN3O. The Hall–Kier alpha value is -1.60. The Morgan fingerprint density at radius 1 is 0.920 bits per heavy atom. The molecule has 0 spiro atoms. The Bertz CT molecular complexity index is 641. The van der Waals surface area contributed by atoms with Gasteiger partial charge in [-0.1, -0.05) is 36.4 Å². The fourth-order valence-electron chi connectivity index (χ4n) is 2.60. The third-order valence-corrected chi connectivity index (χ3v) is 3.95. The number of para-hydroxylation sites is 1. The molecule has 5 heteroatoms. The van der Waals surface area contributed by atoms with Gasteiger partial charge in [0.15, 0.2) is 0 Å². The Balaban J connectivity index is 0.00000312. The van der Waals surface area contributed by atoms with E-state index < -0.39 is 0 Å². The SMILES string of the molecule is CN(c1ccccc1)N(CCC[N+](C)(C)C)C(=O)c1ccccc1.[I-]. The van der Waals surface area contributed by atoms with Gasteiger partial charge < -0.3 is 28.5 Å². The highest BCUT2D eigenvalue weighted by Crippen LogP contribution is 2.17. The van der Waals surface area contributed by atoms with Crippen LogP contribution in [0, 0.1) is 0 Å². The largest absolute Gasteiger partial charge is 1.00 e. The van der Waals surface area contributed by atoms with Gasteiger partial charge in [-0.15, -0.1) is 0 Å². The van der Waals surface area contributed by atoms with Crippen LogP contribution in [0.15, 0.2) is 60.7 Å². The van der Waals surface area contributed by atoms with E-state index in [2.05, 4.69) is 21.1 Å². The molecule has 0 N–H and O–H groups in total. The van der Waals surface area contributed by atoms with E-state index in [1.165, 1.54) is 0 Å². The van der Waals surface area contributed by atoms with Crippen molar-refractivity contribution in [2.45, 2.75) is 6.42 Å². The van der Waals surface area contributed by atoms with Crippen LogP contribution in [0.3, 0.4) is 0 Å². The lowest BCUT2D eigenvalue weighted by molar-refractivity contribution is -0.870. The first-order valence-electron chi connectivity index (χ1n) is 8.34. The van der Waals surface area contributed by atoms with Gasteiger partial charge in [0.2, 0.25) is 0 Å². The Labute approximate surface area is 168 Å². The third-order valence-electron chi connectivity index (χ3n) is 3.95. The summed E-state index contributed by atoms with van der Waals surface area (Å²) in [4.78, 5) is 13.0. The molecule has 136 valence electrons. The van der Waals surface area contributed by atoms with Crippen LogP contribution in [-0.4, -0.2) is 56.7 Å². The van der Waals surface area contributed by atoms with Gasteiger partial charge in [0, 0.05) is 25.6 Å².